The van der Waals surface area contributed by atoms with E-state index in [2.05, 4.69) is 75.7 Å². The minimum absolute atomic E-state index is 0.0634. The van der Waals surface area contributed by atoms with Crippen molar-refractivity contribution in [1.82, 2.24) is 0 Å². The fraction of sp³-hybridized carbons (Fsp3) is 0.571. The first-order valence-corrected chi connectivity index (χ1v) is 7.15. The molecule has 106 valence electrons. The molecular weight excluding hydrogens is 250 g/mol. The summed E-state index contributed by atoms with van der Waals surface area (Å²) in [5.41, 5.74) is 1.84. The summed E-state index contributed by atoms with van der Waals surface area (Å²) in [6.07, 6.45) is 0. The number of benzene rings is 1. The van der Waals surface area contributed by atoms with Gasteiger partial charge in [0, 0.05) is 11.4 Å². The molecule has 0 amide bonds. The fourth-order valence-electron chi connectivity index (χ4n) is 2.98. The van der Waals surface area contributed by atoms with Crippen molar-refractivity contribution in [2.24, 2.45) is 0 Å². The van der Waals surface area contributed by atoms with E-state index in [0.717, 1.165) is 0 Å². The van der Waals surface area contributed by atoms with Crippen LogP contribution in [0.5, 0.6) is 0 Å². The van der Waals surface area contributed by atoms with Gasteiger partial charge in [-0.25, -0.2) is 0 Å². The summed E-state index contributed by atoms with van der Waals surface area (Å²) < 4.78 is 12.4. The molecule has 0 bridgehead atoms. The highest BCUT2D eigenvalue weighted by molar-refractivity contribution is 7.21. The third kappa shape index (κ3) is 1.78. The molecule has 0 unspecified atom stereocenters. The van der Waals surface area contributed by atoms with Crippen LogP contribution in [0.15, 0.2) is 24.3 Å². The molecule has 1 aromatic carbocycles. The lowest BCUT2D eigenvalue weighted by Gasteiger charge is -2.32. The van der Waals surface area contributed by atoms with Crippen molar-refractivity contribution < 1.29 is 9.31 Å². The van der Waals surface area contributed by atoms with Crippen LogP contribution in [0.2, 0.25) is 0 Å². The Morgan fingerprint density at radius 3 is 1.65 bits per heavy atom. The number of para-hydroxylation sites is 2. The summed E-state index contributed by atoms with van der Waals surface area (Å²) >= 11 is 0. The highest BCUT2D eigenvalue weighted by Crippen LogP contribution is 2.42. The summed E-state index contributed by atoms with van der Waals surface area (Å²) in [7, 11) is 3.93. The molecule has 6 heteroatoms. The van der Waals surface area contributed by atoms with E-state index >= 15 is 0 Å². The van der Waals surface area contributed by atoms with Crippen LogP contribution in [-0.2, 0) is 9.31 Å². The van der Waals surface area contributed by atoms with Gasteiger partial charge in [0.1, 0.15) is 0 Å². The number of rotatable bonds is 1. The molecular formula is C14H22B2N2O2. The molecule has 1 aromatic rings. The largest absolute Gasteiger partial charge is 0.469 e. The average Bonchev–Trinajstić information content (AvgIpc) is 2.72. The molecule has 0 spiro atoms. The van der Waals surface area contributed by atoms with Gasteiger partial charge < -0.3 is 18.9 Å². The summed E-state index contributed by atoms with van der Waals surface area (Å²) in [5.74, 6) is 0. The first kappa shape index (κ1) is 13.8. The van der Waals surface area contributed by atoms with Crippen LogP contribution < -0.4 is 9.62 Å². The molecule has 2 aliphatic rings. The van der Waals surface area contributed by atoms with Crippen LogP contribution in [0.3, 0.4) is 0 Å². The maximum Gasteiger partial charge on any atom is 0.469 e. The molecule has 4 nitrogen and oxygen atoms in total. The number of hydrogen-bond donors (Lipinski definition) is 0. The number of hydrogen-bond acceptors (Lipinski definition) is 4. The molecule has 0 aromatic heterocycles. The monoisotopic (exact) mass is 272 g/mol. The van der Waals surface area contributed by atoms with Gasteiger partial charge in [-0.3, -0.25) is 0 Å². The van der Waals surface area contributed by atoms with Crippen molar-refractivity contribution >= 4 is 25.3 Å². The Bertz CT molecular complexity index is 491. The molecule has 1 fully saturated rings. The van der Waals surface area contributed by atoms with Crippen molar-refractivity contribution in [3.63, 3.8) is 0 Å². The molecule has 0 atom stereocenters. The van der Waals surface area contributed by atoms with E-state index in [1.807, 2.05) is 0 Å². The Hall–Kier alpha value is -1.13. The van der Waals surface area contributed by atoms with Gasteiger partial charge in [-0.05, 0) is 53.9 Å². The summed E-state index contributed by atoms with van der Waals surface area (Å²) in [6.45, 7) is 8.43. The van der Waals surface area contributed by atoms with Gasteiger partial charge >= 0.3 is 13.9 Å². The molecule has 0 radical (unpaired) electrons. The quantitative estimate of drug-likeness (QED) is 0.732. The van der Waals surface area contributed by atoms with Gasteiger partial charge in [-0.1, -0.05) is 12.1 Å². The van der Waals surface area contributed by atoms with Crippen LogP contribution in [0.4, 0.5) is 11.4 Å². The maximum atomic E-state index is 6.21. The van der Waals surface area contributed by atoms with Gasteiger partial charge in [0.05, 0.1) is 11.2 Å². The highest BCUT2D eigenvalue weighted by Gasteiger charge is 2.59. The predicted octanol–water partition coefficient (Wildman–Crippen LogP) is 2.23. The molecule has 2 aliphatic heterocycles. The van der Waals surface area contributed by atoms with Crippen LogP contribution in [-0.4, -0.2) is 39.2 Å². The normalized spacial score (nSPS) is 23.5. The minimum atomic E-state index is -0.297. The Kier molecular flexibility index (Phi) is 2.89. The lowest BCUT2D eigenvalue weighted by molar-refractivity contribution is 0.00578. The third-order valence-electron chi connectivity index (χ3n) is 4.95. The Morgan fingerprint density at radius 1 is 0.850 bits per heavy atom. The Morgan fingerprint density at radius 2 is 1.25 bits per heavy atom. The van der Waals surface area contributed by atoms with Gasteiger partial charge in [-0.2, -0.15) is 0 Å². The lowest BCUT2D eigenvalue weighted by atomic mass is 9.39. The van der Waals surface area contributed by atoms with E-state index < -0.39 is 0 Å². The topological polar surface area (TPSA) is 24.9 Å². The maximum absolute atomic E-state index is 6.21. The first-order chi connectivity index (χ1) is 9.24. The SMILES string of the molecule is CN1B(B2OC(C)(C)C(C)(C)O2)N(C)c2ccccc21. The van der Waals surface area contributed by atoms with Crippen LogP contribution in [0.1, 0.15) is 27.7 Å². The number of fused-ring (bicyclic) bond motifs is 1. The summed E-state index contributed by atoms with van der Waals surface area (Å²) in [5, 5.41) is 0. The van der Waals surface area contributed by atoms with Crippen molar-refractivity contribution in [3.05, 3.63) is 24.3 Å². The smallest absolute Gasteiger partial charge is 0.406 e. The van der Waals surface area contributed by atoms with Gasteiger partial charge in [0.2, 0.25) is 0 Å². The molecule has 2 heterocycles. The molecule has 0 saturated carbocycles. The van der Waals surface area contributed by atoms with Gasteiger partial charge in [0.15, 0.2) is 0 Å². The second-order valence-electron chi connectivity index (χ2n) is 6.75. The standard InChI is InChI=1S/C14H22B2N2O2/c1-13(2)14(3,4)20-16(19-13)15-17(5)11-9-7-8-10-12(11)18(15)6/h7-10H,1-6H3. The Balaban J connectivity index is 1.91. The lowest BCUT2D eigenvalue weighted by Crippen LogP contribution is -2.57. The zero-order chi connectivity index (χ0) is 14.7. The second kappa shape index (κ2) is 4.18. The highest BCUT2D eigenvalue weighted by atomic mass is 16.7. The Labute approximate surface area is 122 Å². The summed E-state index contributed by atoms with van der Waals surface area (Å²) in [4.78, 5) is 4.47. The number of nitrogens with zero attached hydrogens (tertiary/aromatic N) is 2. The minimum Gasteiger partial charge on any atom is -0.406 e. The van der Waals surface area contributed by atoms with Crippen LogP contribution in [0.25, 0.3) is 0 Å². The predicted molar refractivity (Wildman–Crippen MR) is 85.1 cm³/mol. The van der Waals surface area contributed by atoms with Crippen LogP contribution in [0, 0.1) is 0 Å². The third-order valence-corrected chi connectivity index (χ3v) is 4.95. The first-order valence-electron chi connectivity index (χ1n) is 7.15. The molecule has 20 heavy (non-hydrogen) atoms. The van der Waals surface area contributed by atoms with Crippen molar-refractivity contribution in [3.8, 4) is 0 Å². The van der Waals surface area contributed by atoms with Crippen molar-refractivity contribution in [2.75, 3.05) is 23.7 Å². The van der Waals surface area contributed by atoms with E-state index in [-0.39, 0.29) is 25.1 Å². The van der Waals surface area contributed by atoms with Crippen molar-refractivity contribution in [2.45, 2.75) is 38.9 Å². The van der Waals surface area contributed by atoms with Gasteiger partial charge in [-0.15, -0.1) is 0 Å². The number of anilines is 2. The van der Waals surface area contributed by atoms with E-state index in [4.69, 9.17) is 9.31 Å². The van der Waals surface area contributed by atoms with E-state index in [1.54, 1.807) is 0 Å². The zero-order valence-electron chi connectivity index (χ0n) is 13.2. The van der Waals surface area contributed by atoms with E-state index in [1.165, 1.54) is 11.4 Å². The van der Waals surface area contributed by atoms with E-state index in [9.17, 15) is 0 Å². The molecule has 3 rings (SSSR count). The zero-order valence-corrected chi connectivity index (χ0v) is 13.2. The van der Waals surface area contributed by atoms with E-state index in [0.29, 0.717) is 0 Å². The summed E-state index contributed by atoms with van der Waals surface area (Å²) in [6, 6.07) is 8.40. The van der Waals surface area contributed by atoms with Crippen LogP contribution >= 0.6 is 0 Å². The molecule has 0 N–H and O–H groups in total. The second-order valence-corrected chi connectivity index (χ2v) is 6.75. The average molecular weight is 272 g/mol. The molecule has 0 aliphatic carbocycles. The van der Waals surface area contributed by atoms with Crippen molar-refractivity contribution in [1.29, 1.82) is 0 Å². The molecule has 1 saturated heterocycles. The fourth-order valence-corrected chi connectivity index (χ4v) is 2.98. The van der Waals surface area contributed by atoms with Gasteiger partial charge in [0.25, 0.3) is 0 Å².